The van der Waals surface area contributed by atoms with Crippen LogP contribution >= 0.6 is 0 Å². The molecule has 0 unspecified atom stereocenters. The van der Waals surface area contributed by atoms with E-state index in [1.807, 2.05) is 0 Å². The van der Waals surface area contributed by atoms with Gasteiger partial charge in [-0.05, 0) is 25.2 Å². The molecule has 0 saturated heterocycles. The number of hydrogen-bond acceptors (Lipinski definition) is 2. The van der Waals surface area contributed by atoms with E-state index in [1.165, 1.54) is 24.2 Å². The van der Waals surface area contributed by atoms with Crippen LogP contribution in [0.1, 0.15) is 62.5 Å². The van der Waals surface area contributed by atoms with E-state index in [4.69, 9.17) is 4.52 Å². The molecule has 0 aliphatic heterocycles. The highest BCUT2D eigenvalue weighted by Crippen LogP contribution is 2.44. The van der Waals surface area contributed by atoms with E-state index in [-0.39, 0.29) is 0 Å². The molecule has 0 radical (unpaired) electrons. The van der Waals surface area contributed by atoms with E-state index < -0.39 is 0 Å². The average Bonchev–Trinajstić information content (AvgIpc) is 2.84. The van der Waals surface area contributed by atoms with Gasteiger partial charge in [-0.3, -0.25) is 0 Å². The fourth-order valence-corrected chi connectivity index (χ4v) is 1.86. The molecule has 13 heavy (non-hydrogen) atoms. The van der Waals surface area contributed by atoms with Crippen LogP contribution in [-0.4, -0.2) is 5.16 Å². The summed E-state index contributed by atoms with van der Waals surface area (Å²) in [5.41, 5.74) is 2.54. The van der Waals surface area contributed by atoms with Crippen LogP contribution in [0.15, 0.2) is 4.52 Å². The van der Waals surface area contributed by atoms with Gasteiger partial charge in [-0.1, -0.05) is 25.9 Å². The Bertz CT molecular complexity index is 297. The minimum Gasteiger partial charge on any atom is -0.361 e. The number of nitrogens with zero attached hydrogens (tertiary/aromatic N) is 1. The van der Waals surface area contributed by atoms with Gasteiger partial charge in [-0.15, -0.1) is 0 Å². The SMILES string of the molecule is CCc1noc(C2CC2)c1C(C)C. The van der Waals surface area contributed by atoms with Crippen LogP contribution in [-0.2, 0) is 6.42 Å². The molecule has 0 aromatic carbocycles. The molecule has 1 aliphatic carbocycles. The van der Waals surface area contributed by atoms with Gasteiger partial charge in [0.1, 0.15) is 5.76 Å². The van der Waals surface area contributed by atoms with E-state index in [9.17, 15) is 0 Å². The Labute approximate surface area is 79.3 Å². The highest BCUT2D eigenvalue weighted by Gasteiger charge is 2.32. The second-order valence-corrected chi connectivity index (χ2v) is 4.19. The third-order valence-electron chi connectivity index (χ3n) is 2.69. The maximum absolute atomic E-state index is 5.42. The van der Waals surface area contributed by atoms with Crippen LogP contribution in [0.25, 0.3) is 0 Å². The summed E-state index contributed by atoms with van der Waals surface area (Å²) in [6, 6.07) is 0. The van der Waals surface area contributed by atoms with E-state index in [1.54, 1.807) is 0 Å². The third-order valence-corrected chi connectivity index (χ3v) is 2.69. The van der Waals surface area contributed by atoms with E-state index in [2.05, 4.69) is 25.9 Å². The number of rotatable bonds is 3. The lowest BCUT2D eigenvalue weighted by atomic mass is 9.98. The van der Waals surface area contributed by atoms with Gasteiger partial charge >= 0.3 is 0 Å². The minimum atomic E-state index is 0.553. The molecular formula is C11H17NO. The fourth-order valence-electron chi connectivity index (χ4n) is 1.86. The summed E-state index contributed by atoms with van der Waals surface area (Å²) >= 11 is 0. The maximum Gasteiger partial charge on any atom is 0.143 e. The van der Waals surface area contributed by atoms with Crippen molar-refractivity contribution in [2.75, 3.05) is 0 Å². The first-order valence-corrected chi connectivity index (χ1v) is 5.22. The van der Waals surface area contributed by atoms with Crippen molar-refractivity contribution in [2.45, 2.75) is 51.9 Å². The van der Waals surface area contributed by atoms with Gasteiger partial charge in [0, 0.05) is 11.5 Å². The molecule has 0 spiro atoms. The molecule has 2 heteroatoms. The molecule has 1 aliphatic rings. The molecule has 0 N–H and O–H groups in total. The van der Waals surface area contributed by atoms with Crippen LogP contribution in [0.4, 0.5) is 0 Å². The standard InChI is InChI=1S/C11H17NO/c1-4-9-10(7(2)3)11(13-12-9)8-5-6-8/h7-8H,4-6H2,1-3H3. The monoisotopic (exact) mass is 179 g/mol. The number of aromatic nitrogens is 1. The second kappa shape index (κ2) is 3.17. The van der Waals surface area contributed by atoms with Crippen LogP contribution in [0.3, 0.4) is 0 Å². The zero-order valence-electron chi connectivity index (χ0n) is 8.63. The molecule has 1 aromatic heterocycles. The van der Waals surface area contributed by atoms with Crippen molar-refractivity contribution in [3.8, 4) is 0 Å². The van der Waals surface area contributed by atoms with Crippen molar-refractivity contribution >= 4 is 0 Å². The van der Waals surface area contributed by atoms with Gasteiger partial charge in [-0.2, -0.15) is 0 Å². The fraction of sp³-hybridized carbons (Fsp3) is 0.727. The molecule has 1 aromatic rings. The van der Waals surface area contributed by atoms with Crippen LogP contribution in [0.5, 0.6) is 0 Å². The van der Waals surface area contributed by atoms with Gasteiger partial charge < -0.3 is 4.52 Å². The number of aryl methyl sites for hydroxylation is 1. The van der Waals surface area contributed by atoms with E-state index in [0.29, 0.717) is 11.8 Å². The summed E-state index contributed by atoms with van der Waals surface area (Å²) in [6.07, 6.45) is 3.57. The first-order valence-electron chi connectivity index (χ1n) is 5.22. The summed E-state index contributed by atoms with van der Waals surface area (Å²) in [4.78, 5) is 0. The molecular weight excluding hydrogens is 162 g/mol. The summed E-state index contributed by atoms with van der Waals surface area (Å²) in [5.74, 6) is 2.41. The van der Waals surface area contributed by atoms with Gasteiger partial charge in [-0.25, -0.2) is 0 Å². The molecule has 0 bridgehead atoms. The predicted octanol–water partition coefficient (Wildman–Crippen LogP) is 3.24. The van der Waals surface area contributed by atoms with Crippen molar-refractivity contribution in [1.82, 2.24) is 5.16 Å². The molecule has 1 saturated carbocycles. The largest absolute Gasteiger partial charge is 0.361 e. The Morgan fingerprint density at radius 1 is 1.46 bits per heavy atom. The normalized spacial score (nSPS) is 16.9. The minimum absolute atomic E-state index is 0.553. The van der Waals surface area contributed by atoms with Gasteiger partial charge in [0.2, 0.25) is 0 Å². The van der Waals surface area contributed by atoms with Gasteiger partial charge in [0.15, 0.2) is 0 Å². The molecule has 0 amide bonds. The first-order chi connectivity index (χ1) is 6.24. The Kier molecular flexibility index (Phi) is 2.14. The lowest BCUT2D eigenvalue weighted by Crippen LogP contribution is -1.95. The van der Waals surface area contributed by atoms with E-state index in [0.717, 1.165) is 12.1 Å². The third kappa shape index (κ3) is 1.50. The van der Waals surface area contributed by atoms with Crippen molar-refractivity contribution in [2.24, 2.45) is 0 Å². The summed E-state index contributed by atoms with van der Waals surface area (Å²) in [5, 5.41) is 4.14. The molecule has 1 fully saturated rings. The van der Waals surface area contributed by atoms with Gasteiger partial charge in [0.25, 0.3) is 0 Å². The molecule has 2 nitrogen and oxygen atoms in total. The van der Waals surface area contributed by atoms with Crippen molar-refractivity contribution in [3.63, 3.8) is 0 Å². The van der Waals surface area contributed by atoms with Crippen molar-refractivity contribution in [1.29, 1.82) is 0 Å². The Morgan fingerprint density at radius 2 is 2.15 bits per heavy atom. The number of hydrogen-bond donors (Lipinski definition) is 0. The molecule has 2 rings (SSSR count). The lowest BCUT2D eigenvalue weighted by Gasteiger charge is -2.05. The quantitative estimate of drug-likeness (QED) is 0.712. The highest BCUT2D eigenvalue weighted by atomic mass is 16.5. The zero-order chi connectivity index (χ0) is 9.42. The smallest absolute Gasteiger partial charge is 0.143 e. The average molecular weight is 179 g/mol. The van der Waals surface area contributed by atoms with Crippen molar-refractivity contribution in [3.05, 3.63) is 17.0 Å². The highest BCUT2D eigenvalue weighted by molar-refractivity contribution is 5.31. The van der Waals surface area contributed by atoms with E-state index >= 15 is 0 Å². The van der Waals surface area contributed by atoms with Gasteiger partial charge in [0.05, 0.1) is 5.69 Å². The summed E-state index contributed by atoms with van der Waals surface area (Å²) in [7, 11) is 0. The van der Waals surface area contributed by atoms with Crippen molar-refractivity contribution < 1.29 is 4.52 Å². The zero-order valence-corrected chi connectivity index (χ0v) is 8.63. The Hall–Kier alpha value is -0.790. The van der Waals surface area contributed by atoms with Crippen LogP contribution in [0.2, 0.25) is 0 Å². The first kappa shape index (κ1) is 8.79. The summed E-state index contributed by atoms with van der Waals surface area (Å²) < 4.78 is 5.42. The van der Waals surface area contributed by atoms with Crippen LogP contribution < -0.4 is 0 Å². The Morgan fingerprint density at radius 3 is 2.62 bits per heavy atom. The molecule has 72 valence electrons. The molecule has 1 heterocycles. The topological polar surface area (TPSA) is 26.0 Å². The lowest BCUT2D eigenvalue weighted by molar-refractivity contribution is 0.377. The predicted molar refractivity (Wildman–Crippen MR) is 51.9 cm³/mol. The molecule has 0 atom stereocenters. The second-order valence-electron chi connectivity index (χ2n) is 4.19. The summed E-state index contributed by atoms with van der Waals surface area (Å²) in [6.45, 7) is 6.58. The maximum atomic E-state index is 5.42. The van der Waals surface area contributed by atoms with Crippen LogP contribution in [0, 0.1) is 0 Å². The Balaban J connectivity index is 2.38.